The molecule has 0 unspecified atom stereocenters. The van der Waals surface area contributed by atoms with Crippen molar-refractivity contribution in [1.82, 2.24) is 0 Å². The van der Waals surface area contributed by atoms with Crippen LogP contribution in [-0.2, 0) is 4.79 Å². The van der Waals surface area contributed by atoms with E-state index in [1.807, 2.05) is 18.2 Å². The number of aliphatic carboxylic acids is 1. The molecule has 0 heterocycles. The van der Waals surface area contributed by atoms with Crippen LogP contribution in [0.1, 0.15) is 37.7 Å². The van der Waals surface area contributed by atoms with E-state index in [4.69, 9.17) is 5.11 Å². The molecule has 0 aliphatic heterocycles. The molecule has 0 atom stereocenters. The number of carboxylic acid groups (broad SMARTS) is 1. The Morgan fingerprint density at radius 2 is 1.80 bits per heavy atom. The maximum absolute atomic E-state index is 10.4. The second kappa shape index (κ2) is 7.35. The minimum atomic E-state index is -0.716. The molecule has 1 N–H and O–H groups in total. The van der Waals surface area contributed by atoms with Gasteiger partial charge in [0.15, 0.2) is 0 Å². The molecule has 0 spiro atoms. The van der Waals surface area contributed by atoms with E-state index in [2.05, 4.69) is 36.1 Å². The van der Waals surface area contributed by atoms with Crippen molar-refractivity contribution in [3.8, 4) is 11.8 Å². The third-order valence-electron chi connectivity index (χ3n) is 3.17. The molecule has 2 aromatic rings. The number of fused-ring (bicyclic) bond motifs is 1. The number of rotatable bonds is 5. The molecule has 2 heteroatoms. The fraction of sp³-hybridized carbons (Fsp3) is 0.278. The van der Waals surface area contributed by atoms with Gasteiger partial charge >= 0.3 is 5.97 Å². The summed E-state index contributed by atoms with van der Waals surface area (Å²) in [5.41, 5.74) is 1.04. The second-order valence-electron chi connectivity index (χ2n) is 4.82. The zero-order valence-corrected chi connectivity index (χ0v) is 11.4. The Morgan fingerprint density at radius 3 is 2.60 bits per heavy atom. The van der Waals surface area contributed by atoms with Crippen LogP contribution in [0.5, 0.6) is 0 Å². The van der Waals surface area contributed by atoms with Crippen molar-refractivity contribution < 1.29 is 9.90 Å². The average Bonchev–Trinajstić information content (AvgIpc) is 2.46. The van der Waals surface area contributed by atoms with Crippen molar-refractivity contribution >= 4 is 16.7 Å². The lowest BCUT2D eigenvalue weighted by atomic mass is 10.1. The highest BCUT2D eigenvalue weighted by molar-refractivity contribution is 5.83. The molecule has 0 saturated heterocycles. The Balaban J connectivity index is 1.83. The summed E-state index contributed by atoms with van der Waals surface area (Å²) in [6.45, 7) is 0. The molecule has 20 heavy (non-hydrogen) atoms. The molecule has 0 aliphatic rings. The van der Waals surface area contributed by atoms with Crippen LogP contribution >= 0.6 is 0 Å². The molecule has 2 nitrogen and oxygen atoms in total. The molecular weight excluding hydrogens is 248 g/mol. The summed E-state index contributed by atoms with van der Waals surface area (Å²) in [6, 6.07) is 14.5. The van der Waals surface area contributed by atoms with Gasteiger partial charge in [0.2, 0.25) is 0 Å². The third kappa shape index (κ3) is 4.44. The largest absolute Gasteiger partial charge is 0.481 e. The summed E-state index contributed by atoms with van der Waals surface area (Å²) in [6.07, 6.45) is 3.73. The summed E-state index contributed by atoms with van der Waals surface area (Å²) < 4.78 is 0. The highest BCUT2D eigenvalue weighted by atomic mass is 16.4. The highest BCUT2D eigenvalue weighted by Crippen LogP contribution is 2.14. The van der Waals surface area contributed by atoms with Crippen molar-refractivity contribution in [3.05, 3.63) is 48.0 Å². The molecular formula is C18H18O2. The van der Waals surface area contributed by atoms with Gasteiger partial charge in [-0.2, -0.15) is 0 Å². The van der Waals surface area contributed by atoms with Gasteiger partial charge in [0.1, 0.15) is 0 Å². The smallest absolute Gasteiger partial charge is 0.303 e. The van der Waals surface area contributed by atoms with Gasteiger partial charge in [0.05, 0.1) is 0 Å². The van der Waals surface area contributed by atoms with Crippen molar-refractivity contribution in [1.29, 1.82) is 0 Å². The van der Waals surface area contributed by atoms with E-state index in [-0.39, 0.29) is 6.42 Å². The van der Waals surface area contributed by atoms with Gasteiger partial charge in [-0.3, -0.25) is 4.79 Å². The fourth-order valence-corrected chi connectivity index (χ4v) is 2.10. The van der Waals surface area contributed by atoms with Gasteiger partial charge in [-0.25, -0.2) is 0 Å². The van der Waals surface area contributed by atoms with Gasteiger partial charge in [0, 0.05) is 18.4 Å². The number of hydrogen-bond acceptors (Lipinski definition) is 1. The predicted molar refractivity (Wildman–Crippen MR) is 81.5 cm³/mol. The highest BCUT2D eigenvalue weighted by Gasteiger charge is 1.95. The zero-order valence-electron chi connectivity index (χ0n) is 11.4. The van der Waals surface area contributed by atoms with E-state index in [1.165, 1.54) is 10.8 Å². The van der Waals surface area contributed by atoms with Gasteiger partial charge in [-0.1, -0.05) is 48.6 Å². The first kappa shape index (κ1) is 14.1. The molecule has 0 amide bonds. The lowest BCUT2D eigenvalue weighted by Crippen LogP contribution is -1.93. The third-order valence-corrected chi connectivity index (χ3v) is 3.17. The first-order valence-corrected chi connectivity index (χ1v) is 6.95. The molecule has 2 aromatic carbocycles. The summed E-state index contributed by atoms with van der Waals surface area (Å²) >= 11 is 0. The number of carboxylic acids is 1. The first-order valence-electron chi connectivity index (χ1n) is 6.95. The molecule has 0 saturated carbocycles. The Kier molecular flexibility index (Phi) is 5.20. The van der Waals surface area contributed by atoms with E-state index in [0.717, 1.165) is 31.2 Å². The van der Waals surface area contributed by atoms with Gasteiger partial charge in [-0.15, -0.1) is 0 Å². The Bertz CT molecular complexity index is 647. The number of unbranched alkanes of at least 4 members (excludes halogenated alkanes) is 3. The van der Waals surface area contributed by atoms with Crippen LogP contribution in [0.2, 0.25) is 0 Å². The lowest BCUT2D eigenvalue weighted by Gasteiger charge is -1.97. The van der Waals surface area contributed by atoms with Crippen molar-refractivity contribution in [3.63, 3.8) is 0 Å². The van der Waals surface area contributed by atoms with Crippen LogP contribution in [-0.4, -0.2) is 11.1 Å². The van der Waals surface area contributed by atoms with E-state index >= 15 is 0 Å². The van der Waals surface area contributed by atoms with Crippen LogP contribution in [0.15, 0.2) is 42.5 Å². The SMILES string of the molecule is O=C(O)CCCCCC#Cc1ccc2ccccc2c1. The van der Waals surface area contributed by atoms with E-state index < -0.39 is 5.97 Å². The van der Waals surface area contributed by atoms with Crippen LogP contribution in [0, 0.1) is 11.8 Å². The number of carbonyl (C=O) groups is 1. The van der Waals surface area contributed by atoms with Crippen LogP contribution in [0.4, 0.5) is 0 Å². The van der Waals surface area contributed by atoms with E-state index in [9.17, 15) is 4.79 Å². The van der Waals surface area contributed by atoms with Crippen LogP contribution in [0.3, 0.4) is 0 Å². The molecule has 0 aliphatic carbocycles. The van der Waals surface area contributed by atoms with Crippen molar-refractivity contribution in [2.45, 2.75) is 32.1 Å². The number of hydrogen-bond donors (Lipinski definition) is 1. The Hall–Kier alpha value is -2.27. The minimum absolute atomic E-state index is 0.262. The van der Waals surface area contributed by atoms with Gasteiger partial charge in [-0.05, 0) is 35.7 Å². The summed E-state index contributed by atoms with van der Waals surface area (Å²) in [5, 5.41) is 11.0. The molecule has 0 aromatic heterocycles. The Morgan fingerprint density at radius 1 is 1.00 bits per heavy atom. The monoisotopic (exact) mass is 266 g/mol. The maximum atomic E-state index is 10.4. The van der Waals surface area contributed by atoms with Crippen LogP contribution < -0.4 is 0 Å². The maximum Gasteiger partial charge on any atom is 0.303 e. The average molecular weight is 266 g/mol. The summed E-state index contributed by atoms with van der Waals surface area (Å²) in [7, 11) is 0. The molecule has 0 fully saturated rings. The van der Waals surface area contributed by atoms with Crippen molar-refractivity contribution in [2.24, 2.45) is 0 Å². The quantitative estimate of drug-likeness (QED) is 0.649. The topological polar surface area (TPSA) is 37.3 Å². The van der Waals surface area contributed by atoms with Gasteiger partial charge in [0.25, 0.3) is 0 Å². The predicted octanol–water partition coefficient (Wildman–Crippen LogP) is 4.23. The molecule has 0 bridgehead atoms. The van der Waals surface area contributed by atoms with E-state index in [1.54, 1.807) is 0 Å². The minimum Gasteiger partial charge on any atom is -0.481 e. The van der Waals surface area contributed by atoms with E-state index in [0.29, 0.717) is 0 Å². The molecule has 102 valence electrons. The molecule has 2 rings (SSSR count). The Labute approximate surface area is 119 Å². The van der Waals surface area contributed by atoms with Gasteiger partial charge < -0.3 is 5.11 Å². The normalized spacial score (nSPS) is 10.0. The standard InChI is InChI=1S/C18H18O2/c19-18(20)11-5-3-1-2-4-8-15-12-13-16-9-6-7-10-17(16)14-15/h6-7,9-10,12-14H,1-3,5,11H2,(H,19,20). The molecule has 0 radical (unpaired) electrons. The zero-order chi connectivity index (χ0) is 14.2. The second-order valence-corrected chi connectivity index (χ2v) is 4.82. The number of benzene rings is 2. The summed E-state index contributed by atoms with van der Waals surface area (Å²) in [4.78, 5) is 10.4. The summed E-state index contributed by atoms with van der Waals surface area (Å²) in [5.74, 6) is 5.61. The lowest BCUT2D eigenvalue weighted by molar-refractivity contribution is -0.137. The fourth-order valence-electron chi connectivity index (χ4n) is 2.10. The van der Waals surface area contributed by atoms with Crippen molar-refractivity contribution in [2.75, 3.05) is 0 Å². The first-order chi connectivity index (χ1) is 9.75. The van der Waals surface area contributed by atoms with Crippen LogP contribution in [0.25, 0.3) is 10.8 Å².